The fraction of sp³-hybridized carbons (Fsp3) is 0.474. The predicted molar refractivity (Wildman–Crippen MR) is 84.8 cm³/mol. The molecule has 2 nitrogen and oxygen atoms in total. The molecular weight excluding hydrogens is 260 g/mol. The Kier molecular flexibility index (Phi) is 2.57. The minimum absolute atomic E-state index is 0.216. The van der Waals surface area contributed by atoms with Crippen LogP contribution in [0.4, 0.5) is 0 Å². The van der Waals surface area contributed by atoms with Crippen molar-refractivity contribution in [3.05, 3.63) is 35.4 Å². The van der Waals surface area contributed by atoms with Crippen molar-refractivity contribution in [1.29, 1.82) is 0 Å². The van der Waals surface area contributed by atoms with Crippen molar-refractivity contribution in [2.75, 3.05) is 0 Å². The van der Waals surface area contributed by atoms with Crippen molar-refractivity contribution in [2.45, 2.75) is 45.4 Å². The topological polar surface area (TPSA) is 40.5 Å². The van der Waals surface area contributed by atoms with Crippen molar-refractivity contribution >= 4 is 10.8 Å². The molecule has 0 heterocycles. The predicted octanol–water partition coefficient (Wildman–Crippen LogP) is 4.72. The molecule has 2 N–H and O–H groups in total. The number of hydrogen-bond acceptors (Lipinski definition) is 2. The quantitative estimate of drug-likeness (QED) is 0.734. The fourth-order valence-electron chi connectivity index (χ4n) is 4.81. The highest BCUT2D eigenvalue weighted by Crippen LogP contribution is 2.59. The van der Waals surface area contributed by atoms with Crippen LogP contribution >= 0.6 is 0 Å². The summed E-state index contributed by atoms with van der Waals surface area (Å²) < 4.78 is 0. The molecule has 3 atom stereocenters. The van der Waals surface area contributed by atoms with Gasteiger partial charge in [0.2, 0.25) is 0 Å². The van der Waals surface area contributed by atoms with Gasteiger partial charge in [-0.05, 0) is 77.6 Å². The third-order valence-corrected chi connectivity index (χ3v) is 6.34. The summed E-state index contributed by atoms with van der Waals surface area (Å²) in [6, 6.07) is 7.34. The Morgan fingerprint density at radius 1 is 1.10 bits per heavy atom. The lowest BCUT2D eigenvalue weighted by Crippen LogP contribution is -2.31. The molecule has 0 spiro atoms. The molecular formula is C19H22O2. The highest BCUT2D eigenvalue weighted by atomic mass is 16.3. The van der Waals surface area contributed by atoms with E-state index in [1.54, 1.807) is 12.1 Å². The van der Waals surface area contributed by atoms with Crippen molar-refractivity contribution < 1.29 is 10.2 Å². The third kappa shape index (κ3) is 1.65. The van der Waals surface area contributed by atoms with E-state index in [9.17, 15) is 10.2 Å². The summed E-state index contributed by atoms with van der Waals surface area (Å²) in [5, 5.41) is 22.0. The van der Waals surface area contributed by atoms with Gasteiger partial charge in [-0.25, -0.2) is 0 Å². The second-order valence-corrected chi connectivity index (χ2v) is 7.23. The summed E-state index contributed by atoms with van der Waals surface area (Å²) in [5.41, 5.74) is 3.12. The Balaban J connectivity index is 1.98. The van der Waals surface area contributed by atoms with Gasteiger partial charge in [0.05, 0.1) is 0 Å². The van der Waals surface area contributed by atoms with E-state index in [1.807, 2.05) is 12.1 Å². The number of hydrogen-bond donors (Lipinski definition) is 2. The Morgan fingerprint density at radius 3 is 2.71 bits per heavy atom. The maximum absolute atomic E-state index is 10.4. The summed E-state index contributed by atoms with van der Waals surface area (Å²) in [6.45, 7) is 4.81. The van der Waals surface area contributed by atoms with Crippen LogP contribution in [0.2, 0.25) is 0 Å². The van der Waals surface area contributed by atoms with Crippen LogP contribution in [-0.4, -0.2) is 10.2 Å². The van der Waals surface area contributed by atoms with E-state index >= 15 is 0 Å². The van der Waals surface area contributed by atoms with Gasteiger partial charge in [0.1, 0.15) is 11.5 Å². The highest BCUT2D eigenvalue weighted by Gasteiger charge is 2.47. The molecule has 0 amide bonds. The fourth-order valence-corrected chi connectivity index (χ4v) is 4.81. The van der Waals surface area contributed by atoms with Crippen LogP contribution in [0.1, 0.15) is 50.2 Å². The molecule has 2 aromatic rings. The van der Waals surface area contributed by atoms with Crippen LogP contribution in [-0.2, 0) is 6.42 Å². The van der Waals surface area contributed by atoms with Gasteiger partial charge in [0.25, 0.3) is 0 Å². The zero-order valence-electron chi connectivity index (χ0n) is 12.7. The molecule has 3 unspecified atom stereocenters. The molecule has 110 valence electrons. The lowest BCUT2D eigenvalue weighted by atomic mass is 9.63. The standard InChI is InChI=1S/C19H22O2/c1-11-3-6-17-15-10-18(21)16-9-12(20)4-5-13(16)14(15)7-8-19(11,17)2/h4-5,9-11,17,20-21H,3,6-8H2,1-2H3. The lowest BCUT2D eigenvalue weighted by Gasteiger charge is -2.41. The van der Waals surface area contributed by atoms with E-state index in [-0.39, 0.29) is 5.75 Å². The summed E-state index contributed by atoms with van der Waals surface area (Å²) >= 11 is 0. The number of aryl methyl sites for hydroxylation is 1. The molecule has 0 bridgehead atoms. The molecule has 0 saturated heterocycles. The van der Waals surface area contributed by atoms with Gasteiger partial charge in [0, 0.05) is 5.39 Å². The SMILES string of the molecule is CC1CCC2c3cc(O)c4cc(O)ccc4c3CCC12C. The maximum Gasteiger partial charge on any atom is 0.123 e. The third-order valence-electron chi connectivity index (χ3n) is 6.34. The molecule has 2 aliphatic rings. The molecule has 2 aliphatic carbocycles. The molecule has 21 heavy (non-hydrogen) atoms. The highest BCUT2D eigenvalue weighted by molar-refractivity contribution is 5.93. The van der Waals surface area contributed by atoms with Crippen LogP contribution in [0.15, 0.2) is 24.3 Å². The van der Waals surface area contributed by atoms with Crippen molar-refractivity contribution in [3.63, 3.8) is 0 Å². The molecule has 1 saturated carbocycles. The van der Waals surface area contributed by atoms with E-state index in [1.165, 1.54) is 30.4 Å². The van der Waals surface area contributed by atoms with Gasteiger partial charge in [-0.1, -0.05) is 19.9 Å². The molecule has 2 heteroatoms. The smallest absolute Gasteiger partial charge is 0.123 e. The number of phenolic OH excluding ortho intramolecular Hbond substituents is 2. The second-order valence-electron chi connectivity index (χ2n) is 7.23. The number of fused-ring (bicyclic) bond motifs is 5. The van der Waals surface area contributed by atoms with E-state index in [2.05, 4.69) is 13.8 Å². The molecule has 0 aliphatic heterocycles. The van der Waals surface area contributed by atoms with E-state index in [0.717, 1.165) is 23.1 Å². The van der Waals surface area contributed by atoms with E-state index in [0.29, 0.717) is 17.1 Å². The summed E-state index contributed by atoms with van der Waals surface area (Å²) in [5.74, 6) is 1.85. The molecule has 0 radical (unpaired) electrons. The molecule has 4 rings (SSSR count). The minimum atomic E-state index is 0.216. The van der Waals surface area contributed by atoms with Crippen molar-refractivity contribution in [1.82, 2.24) is 0 Å². The van der Waals surface area contributed by atoms with Crippen molar-refractivity contribution in [2.24, 2.45) is 11.3 Å². The first kappa shape index (κ1) is 13.0. The van der Waals surface area contributed by atoms with Gasteiger partial charge in [0.15, 0.2) is 0 Å². The number of benzene rings is 2. The summed E-state index contributed by atoms with van der Waals surface area (Å²) in [7, 11) is 0. The largest absolute Gasteiger partial charge is 0.508 e. The molecule has 2 aromatic carbocycles. The van der Waals surface area contributed by atoms with Gasteiger partial charge in [-0.15, -0.1) is 0 Å². The first-order chi connectivity index (χ1) is 10.0. The van der Waals surface area contributed by atoms with Crippen LogP contribution in [0.5, 0.6) is 11.5 Å². The van der Waals surface area contributed by atoms with Crippen LogP contribution < -0.4 is 0 Å². The lowest BCUT2D eigenvalue weighted by molar-refractivity contribution is 0.186. The van der Waals surface area contributed by atoms with Crippen molar-refractivity contribution in [3.8, 4) is 11.5 Å². The Labute approximate surface area is 125 Å². The summed E-state index contributed by atoms with van der Waals surface area (Å²) in [6.07, 6.45) is 4.82. The van der Waals surface area contributed by atoms with Gasteiger partial charge >= 0.3 is 0 Å². The number of phenols is 2. The first-order valence-electron chi connectivity index (χ1n) is 7.98. The van der Waals surface area contributed by atoms with Crippen LogP contribution in [0.25, 0.3) is 10.8 Å². The normalized spacial score (nSPS) is 31.1. The zero-order chi connectivity index (χ0) is 14.8. The maximum atomic E-state index is 10.4. The zero-order valence-corrected chi connectivity index (χ0v) is 12.7. The Morgan fingerprint density at radius 2 is 1.90 bits per heavy atom. The summed E-state index contributed by atoms with van der Waals surface area (Å²) in [4.78, 5) is 0. The Hall–Kier alpha value is -1.70. The monoisotopic (exact) mass is 282 g/mol. The average Bonchev–Trinajstić information content (AvgIpc) is 2.76. The molecule has 0 aromatic heterocycles. The van der Waals surface area contributed by atoms with E-state index < -0.39 is 0 Å². The number of rotatable bonds is 0. The van der Waals surface area contributed by atoms with Crippen LogP contribution in [0.3, 0.4) is 0 Å². The van der Waals surface area contributed by atoms with E-state index in [4.69, 9.17) is 0 Å². The minimum Gasteiger partial charge on any atom is -0.508 e. The van der Waals surface area contributed by atoms with Gasteiger partial charge < -0.3 is 10.2 Å². The van der Waals surface area contributed by atoms with Gasteiger partial charge in [-0.2, -0.15) is 0 Å². The van der Waals surface area contributed by atoms with Gasteiger partial charge in [-0.3, -0.25) is 0 Å². The Bertz CT molecular complexity index is 734. The second kappa shape index (κ2) is 4.16. The van der Waals surface area contributed by atoms with Crippen LogP contribution in [0, 0.1) is 11.3 Å². The molecule has 1 fully saturated rings. The average molecular weight is 282 g/mol. The first-order valence-corrected chi connectivity index (χ1v) is 7.98. The number of aromatic hydroxyl groups is 2.